The lowest BCUT2D eigenvalue weighted by Crippen LogP contribution is -2.00. The van der Waals surface area contributed by atoms with Gasteiger partial charge in [0.05, 0.1) is 22.4 Å². The molecule has 7 aromatic rings. The molecule has 0 aliphatic carbocycles. The highest BCUT2D eigenvalue weighted by Gasteiger charge is 2.17. The second-order valence-corrected chi connectivity index (χ2v) is 12.9. The minimum atomic E-state index is 0.765. The van der Waals surface area contributed by atoms with E-state index >= 15 is 0 Å². The molecule has 3 heterocycles. The molecule has 242 valence electrons. The van der Waals surface area contributed by atoms with Gasteiger partial charge in [-0.1, -0.05) is 75.6 Å². The molecule has 48 heavy (non-hydrogen) atoms. The lowest BCUT2D eigenvalue weighted by atomic mass is 10.0. The third-order valence-corrected chi connectivity index (χ3v) is 9.38. The van der Waals surface area contributed by atoms with Crippen molar-refractivity contribution in [3.8, 4) is 34.1 Å². The topological polar surface area (TPSA) is 44.9 Å². The lowest BCUT2D eigenvalue weighted by molar-refractivity contribution is 0.482. The van der Waals surface area contributed by atoms with Gasteiger partial charge in [0, 0.05) is 40.4 Å². The van der Waals surface area contributed by atoms with Crippen molar-refractivity contribution in [2.45, 2.75) is 72.6 Å². The second kappa shape index (κ2) is 13.9. The van der Waals surface area contributed by atoms with Gasteiger partial charge in [0.1, 0.15) is 17.3 Å². The summed E-state index contributed by atoms with van der Waals surface area (Å²) in [5.41, 5.74) is 10.4. The number of hydrogen-bond donors (Lipinski definition) is 0. The van der Waals surface area contributed by atoms with Gasteiger partial charge < -0.3 is 4.74 Å². The van der Waals surface area contributed by atoms with Gasteiger partial charge in [0.15, 0.2) is 0 Å². The number of hydrogen-bond acceptors (Lipinski definition) is 3. The van der Waals surface area contributed by atoms with E-state index < -0.39 is 0 Å². The van der Waals surface area contributed by atoms with Crippen LogP contribution < -0.4 is 4.74 Å². The van der Waals surface area contributed by atoms with E-state index in [-0.39, 0.29) is 0 Å². The van der Waals surface area contributed by atoms with Crippen molar-refractivity contribution in [1.29, 1.82) is 0 Å². The van der Waals surface area contributed by atoms with E-state index in [0.717, 1.165) is 52.8 Å². The Labute approximate surface area is 283 Å². The largest absolute Gasteiger partial charge is 0.457 e. The Morgan fingerprint density at radius 2 is 1.44 bits per heavy atom. The number of pyridine rings is 1. The highest BCUT2D eigenvalue weighted by atomic mass is 16.5. The van der Waals surface area contributed by atoms with Gasteiger partial charge in [0.2, 0.25) is 0 Å². The Hall–Kier alpha value is -5.16. The van der Waals surface area contributed by atoms with E-state index in [1.165, 1.54) is 70.6 Å². The van der Waals surface area contributed by atoms with Crippen LogP contribution in [-0.4, -0.2) is 19.3 Å². The Morgan fingerprint density at radius 1 is 0.646 bits per heavy atom. The predicted molar refractivity (Wildman–Crippen MR) is 199 cm³/mol. The van der Waals surface area contributed by atoms with Crippen molar-refractivity contribution in [2.75, 3.05) is 0 Å². The van der Waals surface area contributed by atoms with Crippen LogP contribution in [0.4, 0.5) is 0 Å². The predicted octanol–water partition coefficient (Wildman–Crippen LogP) is 11.5. The van der Waals surface area contributed by atoms with Crippen LogP contribution >= 0.6 is 0 Å². The number of nitrogens with zero attached hydrogens (tertiary/aromatic N) is 4. The van der Waals surface area contributed by atoms with E-state index in [1.54, 1.807) is 0 Å². The summed E-state index contributed by atoms with van der Waals surface area (Å²) in [4.78, 5) is 4.89. The molecule has 3 aromatic heterocycles. The van der Waals surface area contributed by atoms with Crippen molar-refractivity contribution >= 4 is 21.8 Å². The summed E-state index contributed by atoms with van der Waals surface area (Å²) in [6.07, 6.45) is 10.1. The van der Waals surface area contributed by atoms with Crippen molar-refractivity contribution in [2.24, 2.45) is 0 Å². The number of ether oxygens (including phenoxy) is 1. The molecular weight excluding hydrogens is 589 g/mol. The maximum absolute atomic E-state index is 6.59. The van der Waals surface area contributed by atoms with E-state index in [4.69, 9.17) is 14.8 Å². The molecule has 5 heteroatoms. The minimum absolute atomic E-state index is 0.765. The first-order valence-electron chi connectivity index (χ1n) is 17.5. The molecule has 0 amide bonds. The van der Waals surface area contributed by atoms with E-state index in [1.807, 2.05) is 29.1 Å². The molecule has 0 fully saturated rings. The quantitative estimate of drug-likeness (QED) is 0.126. The first-order valence-corrected chi connectivity index (χ1v) is 17.5. The fourth-order valence-electron chi connectivity index (χ4n) is 6.94. The molecule has 4 aromatic carbocycles. The summed E-state index contributed by atoms with van der Waals surface area (Å²) in [7, 11) is 0. The van der Waals surface area contributed by atoms with Gasteiger partial charge in [-0.15, -0.1) is 0 Å². The maximum Gasteiger partial charge on any atom is 0.137 e. The van der Waals surface area contributed by atoms with Crippen LogP contribution in [0.3, 0.4) is 0 Å². The number of aryl methyl sites for hydroxylation is 3. The Balaban J connectivity index is 1.27. The Morgan fingerprint density at radius 3 is 2.27 bits per heavy atom. The molecule has 0 saturated heterocycles. The summed E-state index contributed by atoms with van der Waals surface area (Å²) >= 11 is 0. The molecule has 0 aliphatic rings. The molecule has 0 N–H and O–H groups in total. The fourth-order valence-corrected chi connectivity index (χ4v) is 6.94. The molecular formula is C43H44N4O. The second-order valence-electron chi connectivity index (χ2n) is 12.9. The molecule has 0 radical (unpaired) electrons. The average Bonchev–Trinajstić information content (AvgIpc) is 3.60. The number of fused-ring (bicyclic) bond motifs is 3. The molecule has 0 aliphatic heterocycles. The van der Waals surface area contributed by atoms with Gasteiger partial charge in [-0.2, -0.15) is 5.10 Å². The first-order chi connectivity index (χ1) is 23.5. The Bertz CT molecular complexity index is 2190. The Kier molecular flexibility index (Phi) is 9.11. The molecule has 0 bridgehead atoms. The molecule has 0 spiro atoms. The molecule has 0 saturated carbocycles. The van der Waals surface area contributed by atoms with Crippen LogP contribution in [0, 0.1) is 13.8 Å². The third-order valence-electron chi connectivity index (χ3n) is 9.38. The molecule has 0 atom stereocenters. The van der Waals surface area contributed by atoms with Crippen LogP contribution in [0.25, 0.3) is 44.4 Å². The van der Waals surface area contributed by atoms with Gasteiger partial charge in [0.25, 0.3) is 0 Å². The van der Waals surface area contributed by atoms with Crippen molar-refractivity contribution < 1.29 is 4.74 Å². The number of rotatable bonds is 12. The molecule has 0 unspecified atom stereocenters. The monoisotopic (exact) mass is 632 g/mol. The normalized spacial score (nSPS) is 11.5. The van der Waals surface area contributed by atoms with E-state index in [2.05, 4.69) is 117 Å². The average molecular weight is 633 g/mol. The first kappa shape index (κ1) is 31.4. The van der Waals surface area contributed by atoms with Gasteiger partial charge in [-0.25, -0.2) is 9.67 Å². The summed E-state index contributed by atoms with van der Waals surface area (Å²) in [6, 6.07) is 36.4. The van der Waals surface area contributed by atoms with Crippen LogP contribution in [0.2, 0.25) is 0 Å². The zero-order chi connectivity index (χ0) is 33.0. The summed E-state index contributed by atoms with van der Waals surface area (Å²) < 4.78 is 10.9. The van der Waals surface area contributed by atoms with Crippen molar-refractivity contribution in [1.82, 2.24) is 19.3 Å². The highest BCUT2D eigenvalue weighted by Crippen LogP contribution is 2.36. The highest BCUT2D eigenvalue weighted by molar-refractivity contribution is 6.09. The van der Waals surface area contributed by atoms with E-state index in [0.29, 0.717) is 0 Å². The number of aromatic nitrogens is 4. The van der Waals surface area contributed by atoms with Crippen LogP contribution in [0.5, 0.6) is 11.5 Å². The lowest BCUT2D eigenvalue weighted by Gasteiger charge is -2.11. The SMILES string of the molecule is CCCCCc1ccnc(-n2c3ccc(CCCC)cc3c3ccc(Oc4cccc(-n5nc(C)c(-c6ccccc6)c5C)c4)cc32)c1. The van der Waals surface area contributed by atoms with E-state index in [9.17, 15) is 0 Å². The maximum atomic E-state index is 6.59. The van der Waals surface area contributed by atoms with Gasteiger partial charge in [-0.05, 0) is 105 Å². The zero-order valence-electron chi connectivity index (χ0n) is 28.5. The van der Waals surface area contributed by atoms with Crippen LogP contribution in [-0.2, 0) is 12.8 Å². The standard InChI is InChI=1S/C43H44N4O/c1-5-7-10-15-33-24-25-44-42(27-33)46-40-23-20-32(14-8-6-2)26-39(40)38-22-21-37(29-41(38)46)48-36-19-13-18-35(28-36)47-31(4)43(30(3)45-47)34-16-11-9-12-17-34/h9,11-13,16-29H,5-8,10,14-15H2,1-4H3. The fraction of sp³-hybridized carbons (Fsp3) is 0.256. The third kappa shape index (κ3) is 6.25. The summed E-state index contributed by atoms with van der Waals surface area (Å²) in [5, 5.41) is 7.38. The smallest absolute Gasteiger partial charge is 0.137 e. The zero-order valence-corrected chi connectivity index (χ0v) is 28.5. The summed E-state index contributed by atoms with van der Waals surface area (Å²) in [6.45, 7) is 8.70. The molecule has 7 rings (SSSR count). The van der Waals surface area contributed by atoms with Gasteiger partial charge >= 0.3 is 0 Å². The van der Waals surface area contributed by atoms with Gasteiger partial charge in [-0.3, -0.25) is 4.57 Å². The summed E-state index contributed by atoms with van der Waals surface area (Å²) in [5.74, 6) is 2.50. The van der Waals surface area contributed by atoms with Crippen molar-refractivity contribution in [3.05, 3.63) is 132 Å². The number of benzene rings is 4. The number of unbranched alkanes of at least 4 members (excludes halogenated alkanes) is 3. The van der Waals surface area contributed by atoms with Crippen LogP contribution in [0.1, 0.15) is 68.5 Å². The molecule has 5 nitrogen and oxygen atoms in total. The van der Waals surface area contributed by atoms with Crippen molar-refractivity contribution in [3.63, 3.8) is 0 Å². The minimum Gasteiger partial charge on any atom is -0.457 e. The van der Waals surface area contributed by atoms with Crippen LogP contribution in [0.15, 0.2) is 109 Å².